The zero-order chi connectivity index (χ0) is 15.6. The lowest BCUT2D eigenvalue weighted by molar-refractivity contribution is 0.0381. The monoisotopic (exact) mass is 290 g/mol. The molecule has 1 aliphatic rings. The van der Waals surface area contributed by atoms with Crippen LogP contribution in [0.3, 0.4) is 0 Å². The largest absolute Gasteiger partial charge is 0.393 e. The second-order valence-corrected chi connectivity index (χ2v) is 7.72. The number of hydrogen-bond acceptors (Lipinski definition) is 3. The number of aliphatic hydroxyl groups is 1. The molecule has 21 heavy (non-hydrogen) atoms. The third-order valence-electron chi connectivity index (χ3n) is 4.52. The summed E-state index contributed by atoms with van der Waals surface area (Å²) >= 11 is 0. The van der Waals surface area contributed by atoms with Crippen LogP contribution in [0.2, 0.25) is 0 Å². The zero-order valence-corrected chi connectivity index (χ0v) is 13.8. The number of piperidine rings is 1. The van der Waals surface area contributed by atoms with E-state index in [0.717, 1.165) is 25.9 Å². The fraction of sp³-hybridized carbons (Fsp3) is 0.667. The Morgan fingerprint density at radius 2 is 1.86 bits per heavy atom. The summed E-state index contributed by atoms with van der Waals surface area (Å²) in [6, 6.07) is 8.83. The van der Waals surface area contributed by atoms with Crippen LogP contribution in [0, 0.1) is 18.3 Å². The average molecular weight is 290 g/mol. The van der Waals surface area contributed by atoms with E-state index >= 15 is 0 Å². The van der Waals surface area contributed by atoms with E-state index in [2.05, 4.69) is 56.9 Å². The van der Waals surface area contributed by atoms with Gasteiger partial charge < -0.3 is 15.7 Å². The highest BCUT2D eigenvalue weighted by atomic mass is 16.3. The van der Waals surface area contributed by atoms with E-state index in [9.17, 15) is 5.11 Å². The Balaban J connectivity index is 2.04. The molecule has 118 valence electrons. The smallest absolute Gasteiger partial charge is 0.0591 e. The molecule has 1 heterocycles. The minimum atomic E-state index is -0.271. The number of rotatable bonds is 3. The Morgan fingerprint density at radius 3 is 2.43 bits per heavy atom. The zero-order valence-electron chi connectivity index (χ0n) is 13.8. The fourth-order valence-corrected chi connectivity index (χ4v) is 3.05. The molecule has 1 saturated heterocycles. The Morgan fingerprint density at radius 1 is 1.24 bits per heavy atom. The van der Waals surface area contributed by atoms with Crippen LogP contribution in [0.25, 0.3) is 0 Å². The van der Waals surface area contributed by atoms with Crippen molar-refractivity contribution in [2.75, 3.05) is 18.0 Å². The third kappa shape index (κ3) is 4.45. The summed E-state index contributed by atoms with van der Waals surface area (Å²) in [6.45, 7) is 10.3. The van der Waals surface area contributed by atoms with Gasteiger partial charge >= 0.3 is 0 Å². The van der Waals surface area contributed by atoms with Gasteiger partial charge in [-0.25, -0.2) is 0 Å². The molecule has 3 N–H and O–H groups in total. The maximum absolute atomic E-state index is 10.4. The summed E-state index contributed by atoms with van der Waals surface area (Å²) in [5.74, 6) is 0.462. The van der Waals surface area contributed by atoms with Crippen LogP contribution in [0.1, 0.15) is 39.2 Å². The van der Waals surface area contributed by atoms with Gasteiger partial charge in [-0.2, -0.15) is 0 Å². The van der Waals surface area contributed by atoms with E-state index in [1.807, 2.05) is 0 Å². The Hall–Kier alpha value is -1.06. The minimum absolute atomic E-state index is 0.0593. The van der Waals surface area contributed by atoms with Gasteiger partial charge in [-0.1, -0.05) is 38.5 Å². The normalized spacial score (nSPS) is 25.0. The number of nitrogens with two attached hydrogens (primary N) is 1. The van der Waals surface area contributed by atoms with Crippen molar-refractivity contribution < 1.29 is 5.11 Å². The van der Waals surface area contributed by atoms with Gasteiger partial charge in [-0.05, 0) is 43.2 Å². The van der Waals surface area contributed by atoms with Crippen LogP contribution in [0.4, 0.5) is 5.69 Å². The Kier molecular flexibility index (Phi) is 4.95. The van der Waals surface area contributed by atoms with Gasteiger partial charge in [0.05, 0.1) is 6.10 Å². The Labute approximate surface area is 129 Å². The third-order valence-corrected chi connectivity index (χ3v) is 4.52. The SMILES string of the molecule is Cc1ccc(N2CC(N)CC(CC(O)C(C)(C)C)C2)cc1. The molecular weight excluding hydrogens is 260 g/mol. The van der Waals surface area contributed by atoms with Crippen molar-refractivity contribution in [2.45, 2.75) is 52.7 Å². The molecule has 3 heteroatoms. The number of benzene rings is 1. The van der Waals surface area contributed by atoms with Gasteiger partial charge in [0.1, 0.15) is 0 Å². The Bertz CT molecular complexity index is 449. The lowest BCUT2D eigenvalue weighted by Gasteiger charge is -2.40. The van der Waals surface area contributed by atoms with Crippen molar-refractivity contribution >= 4 is 5.69 Å². The molecule has 1 aromatic carbocycles. The molecule has 3 nitrogen and oxygen atoms in total. The van der Waals surface area contributed by atoms with Gasteiger partial charge in [0, 0.05) is 24.8 Å². The van der Waals surface area contributed by atoms with Gasteiger partial charge in [0.2, 0.25) is 0 Å². The van der Waals surface area contributed by atoms with Crippen LogP contribution in [-0.2, 0) is 0 Å². The molecule has 0 aromatic heterocycles. The summed E-state index contributed by atoms with van der Waals surface area (Å²) in [7, 11) is 0. The minimum Gasteiger partial charge on any atom is -0.393 e. The highest BCUT2D eigenvalue weighted by Gasteiger charge is 2.30. The molecule has 0 bridgehead atoms. The molecule has 1 aliphatic heterocycles. The van der Waals surface area contributed by atoms with Crippen molar-refractivity contribution in [3.63, 3.8) is 0 Å². The maximum atomic E-state index is 10.4. The summed E-state index contributed by atoms with van der Waals surface area (Å²) in [4.78, 5) is 2.37. The van der Waals surface area contributed by atoms with E-state index in [1.165, 1.54) is 11.3 Å². The molecule has 1 aromatic rings. The number of aryl methyl sites for hydroxylation is 1. The predicted octanol–water partition coefficient (Wildman–Crippen LogP) is 2.95. The van der Waals surface area contributed by atoms with E-state index in [1.54, 1.807) is 0 Å². The summed E-state index contributed by atoms with van der Waals surface area (Å²) in [6.07, 6.45) is 1.57. The molecule has 0 aliphatic carbocycles. The molecular formula is C18H30N2O. The molecule has 0 spiro atoms. The van der Waals surface area contributed by atoms with E-state index in [-0.39, 0.29) is 17.6 Å². The highest BCUT2D eigenvalue weighted by molar-refractivity contribution is 5.48. The molecule has 3 unspecified atom stereocenters. The van der Waals surface area contributed by atoms with Crippen molar-refractivity contribution in [1.29, 1.82) is 0 Å². The summed E-state index contributed by atoms with van der Waals surface area (Å²) < 4.78 is 0. The molecule has 1 fully saturated rings. The first-order valence-electron chi connectivity index (χ1n) is 8.01. The first kappa shape index (κ1) is 16.3. The maximum Gasteiger partial charge on any atom is 0.0591 e. The molecule has 0 radical (unpaired) electrons. The number of hydrogen-bond donors (Lipinski definition) is 2. The van der Waals surface area contributed by atoms with Crippen LogP contribution >= 0.6 is 0 Å². The van der Waals surface area contributed by atoms with E-state index in [4.69, 9.17) is 5.73 Å². The predicted molar refractivity (Wildman–Crippen MR) is 89.6 cm³/mol. The quantitative estimate of drug-likeness (QED) is 0.900. The van der Waals surface area contributed by atoms with Crippen molar-refractivity contribution in [1.82, 2.24) is 0 Å². The van der Waals surface area contributed by atoms with Crippen molar-refractivity contribution in [2.24, 2.45) is 17.1 Å². The van der Waals surface area contributed by atoms with Crippen molar-refractivity contribution in [3.8, 4) is 0 Å². The first-order chi connectivity index (χ1) is 9.75. The van der Waals surface area contributed by atoms with Crippen LogP contribution in [-0.4, -0.2) is 30.3 Å². The van der Waals surface area contributed by atoms with Gasteiger partial charge in [-0.3, -0.25) is 0 Å². The van der Waals surface area contributed by atoms with Crippen LogP contribution in [0.15, 0.2) is 24.3 Å². The average Bonchev–Trinajstić information content (AvgIpc) is 2.37. The topological polar surface area (TPSA) is 49.5 Å². The highest BCUT2D eigenvalue weighted by Crippen LogP contribution is 2.30. The molecule has 2 rings (SSSR count). The van der Waals surface area contributed by atoms with Crippen molar-refractivity contribution in [3.05, 3.63) is 29.8 Å². The first-order valence-corrected chi connectivity index (χ1v) is 8.01. The van der Waals surface area contributed by atoms with E-state index in [0.29, 0.717) is 5.92 Å². The van der Waals surface area contributed by atoms with Crippen LogP contribution in [0.5, 0.6) is 0 Å². The van der Waals surface area contributed by atoms with E-state index < -0.39 is 0 Å². The number of nitrogens with zero attached hydrogens (tertiary/aromatic N) is 1. The summed E-state index contributed by atoms with van der Waals surface area (Å²) in [5, 5.41) is 10.4. The molecule has 0 saturated carbocycles. The van der Waals surface area contributed by atoms with Gasteiger partial charge in [0.15, 0.2) is 0 Å². The fourth-order valence-electron chi connectivity index (χ4n) is 3.05. The standard InChI is InChI=1S/C18H30N2O/c1-13-5-7-16(8-6-13)20-11-14(9-15(19)12-20)10-17(21)18(2,3)4/h5-8,14-15,17,21H,9-12,19H2,1-4H3. The molecule has 3 atom stereocenters. The summed E-state index contributed by atoms with van der Waals surface area (Å²) in [5.41, 5.74) is 8.70. The number of aliphatic hydroxyl groups excluding tert-OH is 1. The molecule has 0 amide bonds. The van der Waals surface area contributed by atoms with Gasteiger partial charge in [0.25, 0.3) is 0 Å². The van der Waals surface area contributed by atoms with Gasteiger partial charge in [-0.15, -0.1) is 0 Å². The lowest BCUT2D eigenvalue weighted by Crippen LogP contribution is -2.48. The second kappa shape index (κ2) is 6.37. The lowest BCUT2D eigenvalue weighted by atomic mass is 9.80. The van der Waals surface area contributed by atoms with Crippen LogP contribution < -0.4 is 10.6 Å². The number of anilines is 1. The second-order valence-electron chi connectivity index (χ2n) is 7.72.